The van der Waals surface area contributed by atoms with Crippen molar-refractivity contribution in [3.05, 3.63) is 70.4 Å². The Morgan fingerprint density at radius 2 is 1.84 bits per heavy atom. The van der Waals surface area contributed by atoms with Gasteiger partial charge in [-0.3, -0.25) is 4.98 Å². The lowest BCUT2D eigenvalue weighted by Gasteiger charge is -2.30. The largest absolute Gasteiger partial charge is 0.260 e. The molecule has 0 saturated heterocycles. The molecule has 0 N–H and O–H groups in total. The first-order valence-electron chi connectivity index (χ1n) is 8.80. The van der Waals surface area contributed by atoms with Crippen molar-refractivity contribution in [1.29, 1.82) is 0 Å². The van der Waals surface area contributed by atoms with E-state index in [-0.39, 0.29) is 12.1 Å². The SMILES string of the molecule is C[C@H](c1ccccn1)N(C1CC1)S(=O)(=O)C1=Cc2ccccc2CC1. The van der Waals surface area contributed by atoms with Crippen molar-refractivity contribution in [3.63, 3.8) is 0 Å². The lowest BCUT2D eigenvalue weighted by atomic mass is 9.98. The van der Waals surface area contributed by atoms with Gasteiger partial charge in [0.05, 0.1) is 16.6 Å². The van der Waals surface area contributed by atoms with Gasteiger partial charge in [-0.2, -0.15) is 4.31 Å². The van der Waals surface area contributed by atoms with Crippen molar-refractivity contribution in [3.8, 4) is 0 Å². The average molecular weight is 354 g/mol. The van der Waals surface area contributed by atoms with E-state index in [0.717, 1.165) is 30.5 Å². The summed E-state index contributed by atoms with van der Waals surface area (Å²) in [5, 5.41) is 0. The molecule has 1 saturated carbocycles. The van der Waals surface area contributed by atoms with E-state index in [4.69, 9.17) is 0 Å². The quantitative estimate of drug-likeness (QED) is 0.817. The van der Waals surface area contributed by atoms with Gasteiger partial charge in [0, 0.05) is 12.2 Å². The van der Waals surface area contributed by atoms with Gasteiger partial charge in [0.1, 0.15) is 0 Å². The standard InChI is InChI=1S/C20H22N2O2S/c1-15(20-8-4-5-13-21-20)22(18-10-11-18)25(23,24)19-12-9-16-6-2-3-7-17(16)14-19/h2-8,13-15,18H,9-12H2,1H3/t15-/m1/s1. The molecule has 1 atom stereocenters. The second kappa shape index (κ2) is 6.39. The van der Waals surface area contributed by atoms with Gasteiger partial charge in [-0.15, -0.1) is 0 Å². The summed E-state index contributed by atoms with van der Waals surface area (Å²) in [6, 6.07) is 13.5. The topological polar surface area (TPSA) is 50.3 Å². The predicted molar refractivity (Wildman–Crippen MR) is 99.2 cm³/mol. The minimum Gasteiger partial charge on any atom is -0.260 e. The second-order valence-corrected chi connectivity index (χ2v) is 8.70. The molecule has 0 bridgehead atoms. The molecule has 0 amide bonds. The summed E-state index contributed by atoms with van der Waals surface area (Å²) >= 11 is 0. The molecule has 1 fully saturated rings. The highest BCUT2D eigenvalue weighted by Crippen LogP contribution is 2.40. The minimum absolute atomic E-state index is 0.0973. The van der Waals surface area contributed by atoms with Crippen LogP contribution in [0.15, 0.2) is 53.6 Å². The Bertz CT molecular complexity index is 902. The van der Waals surface area contributed by atoms with Gasteiger partial charge < -0.3 is 0 Å². The van der Waals surface area contributed by atoms with Crippen LogP contribution in [0.2, 0.25) is 0 Å². The summed E-state index contributed by atoms with van der Waals surface area (Å²) in [6.07, 6.45) is 6.78. The van der Waals surface area contributed by atoms with Crippen molar-refractivity contribution < 1.29 is 8.42 Å². The highest BCUT2D eigenvalue weighted by atomic mass is 32.2. The van der Waals surface area contributed by atoms with Crippen LogP contribution in [0, 0.1) is 0 Å². The maximum atomic E-state index is 13.4. The molecule has 1 heterocycles. The van der Waals surface area contributed by atoms with Crippen LogP contribution in [0.25, 0.3) is 6.08 Å². The van der Waals surface area contributed by atoms with Crippen LogP contribution in [-0.2, 0) is 16.4 Å². The summed E-state index contributed by atoms with van der Waals surface area (Å²) in [7, 11) is -3.50. The Hall–Kier alpha value is -1.98. The lowest BCUT2D eigenvalue weighted by Crippen LogP contribution is -2.37. The number of pyridine rings is 1. The van der Waals surface area contributed by atoms with Crippen LogP contribution >= 0.6 is 0 Å². The number of aryl methyl sites for hydroxylation is 1. The number of sulfonamides is 1. The molecule has 1 aromatic carbocycles. The Morgan fingerprint density at radius 1 is 1.08 bits per heavy atom. The molecule has 25 heavy (non-hydrogen) atoms. The molecule has 4 nitrogen and oxygen atoms in total. The van der Waals surface area contributed by atoms with Gasteiger partial charge in [0.15, 0.2) is 0 Å². The van der Waals surface area contributed by atoms with E-state index in [1.165, 1.54) is 5.56 Å². The monoisotopic (exact) mass is 354 g/mol. The molecule has 0 radical (unpaired) electrons. The van der Waals surface area contributed by atoms with Crippen molar-refractivity contribution in [2.75, 3.05) is 0 Å². The average Bonchev–Trinajstić information content (AvgIpc) is 3.46. The van der Waals surface area contributed by atoms with Crippen LogP contribution in [0.5, 0.6) is 0 Å². The first-order valence-corrected chi connectivity index (χ1v) is 10.2. The van der Waals surface area contributed by atoms with Crippen molar-refractivity contribution in [2.45, 2.75) is 44.7 Å². The van der Waals surface area contributed by atoms with Gasteiger partial charge in [-0.25, -0.2) is 8.42 Å². The zero-order valence-electron chi connectivity index (χ0n) is 14.3. The maximum absolute atomic E-state index is 13.4. The smallest absolute Gasteiger partial charge is 0.240 e. The van der Waals surface area contributed by atoms with E-state index >= 15 is 0 Å². The lowest BCUT2D eigenvalue weighted by molar-refractivity contribution is 0.331. The van der Waals surface area contributed by atoms with E-state index in [2.05, 4.69) is 11.1 Å². The first kappa shape index (κ1) is 16.5. The van der Waals surface area contributed by atoms with Crippen molar-refractivity contribution in [2.24, 2.45) is 0 Å². The molecule has 4 rings (SSSR count). The molecule has 0 spiro atoms. The Morgan fingerprint density at radius 3 is 2.56 bits per heavy atom. The Labute approximate surface area is 149 Å². The molecule has 2 aromatic rings. The van der Waals surface area contributed by atoms with E-state index < -0.39 is 10.0 Å². The fraction of sp³-hybridized carbons (Fsp3) is 0.350. The number of hydrogen-bond donors (Lipinski definition) is 0. The van der Waals surface area contributed by atoms with Gasteiger partial charge in [-0.05, 0) is 61.9 Å². The summed E-state index contributed by atoms with van der Waals surface area (Å²) in [5.74, 6) is 0. The number of allylic oxidation sites excluding steroid dienone is 1. The fourth-order valence-electron chi connectivity index (χ4n) is 3.55. The summed E-state index contributed by atoms with van der Waals surface area (Å²) in [6.45, 7) is 1.94. The van der Waals surface area contributed by atoms with Crippen LogP contribution in [0.4, 0.5) is 0 Å². The van der Waals surface area contributed by atoms with Crippen LogP contribution < -0.4 is 0 Å². The Kier molecular flexibility index (Phi) is 4.21. The molecule has 0 unspecified atom stereocenters. The van der Waals surface area contributed by atoms with E-state index in [1.807, 2.05) is 49.4 Å². The number of hydrogen-bond acceptors (Lipinski definition) is 3. The summed E-state index contributed by atoms with van der Waals surface area (Å²) in [4.78, 5) is 4.91. The highest BCUT2D eigenvalue weighted by Gasteiger charge is 2.43. The van der Waals surface area contributed by atoms with Gasteiger partial charge in [0.2, 0.25) is 10.0 Å². The van der Waals surface area contributed by atoms with E-state index in [0.29, 0.717) is 11.3 Å². The number of nitrogens with zero attached hydrogens (tertiary/aromatic N) is 2. The van der Waals surface area contributed by atoms with Gasteiger partial charge in [0.25, 0.3) is 0 Å². The molecular weight excluding hydrogens is 332 g/mol. The van der Waals surface area contributed by atoms with E-state index in [9.17, 15) is 8.42 Å². The summed E-state index contributed by atoms with van der Waals surface area (Å²) < 4.78 is 28.5. The van der Waals surface area contributed by atoms with Crippen LogP contribution in [0.3, 0.4) is 0 Å². The number of fused-ring (bicyclic) bond motifs is 1. The van der Waals surface area contributed by atoms with Crippen LogP contribution in [0.1, 0.15) is 49.0 Å². The zero-order chi connectivity index (χ0) is 17.4. The van der Waals surface area contributed by atoms with Gasteiger partial charge >= 0.3 is 0 Å². The molecule has 0 aliphatic heterocycles. The molecule has 2 aliphatic rings. The fourth-order valence-corrected chi connectivity index (χ4v) is 5.58. The second-order valence-electron chi connectivity index (χ2n) is 6.81. The summed E-state index contributed by atoms with van der Waals surface area (Å²) in [5.41, 5.74) is 3.04. The minimum atomic E-state index is -3.50. The molecule has 1 aromatic heterocycles. The maximum Gasteiger partial charge on any atom is 0.240 e. The predicted octanol–water partition coefficient (Wildman–Crippen LogP) is 3.92. The van der Waals surface area contributed by atoms with Crippen molar-refractivity contribution in [1.82, 2.24) is 9.29 Å². The molecular formula is C20H22N2O2S. The number of aromatic nitrogens is 1. The highest BCUT2D eigenvalue weighted by molar-refractivity contribution is 7.93. The number of benzene rings is 1. The first-order chi connectivity index (χ1) is 12.1. The molecule has 5 heteroatoms. The third kappa shape index (κ3) is 3.14. The Balaban J connectivity index is 1.71. The van der Waals surface area contributed by atoms with E-state index in [1.54, 1.807) is 10.5 Å². The molecule has 2 aliphatic carbocycles. The molecule has 130 valence electrons. The third-order valence-corrected chi connectivity index (χ3v) is 7.18. The normalized spacial score (nSPS) is 18.6. The van der Waals surface area contributed by atoms with Gasteiger partial charge in [-0.1, -0.05) is 30.3 Å². The zero-order valence-corrected chi connectivity index (χ0v) is 15.1. The third-order valence-electron chi connectivity index (χ3n) is 5.03. The number of rotatable bonds is 5. The van der Waals surface area contributed by atoms with Crippen molar-refractivity contribution >= 4 is 16.1 Å². The van der Waals surface area contributed by atoms with Crippen LogP contribution in [-0.4, -0.2) is 23.7 Å².